The van der Waals surface area contributed by atoms with Crippen molar-refractivity contribution in [1.82, 2.24) is 16.0 Å². The maximum atomic E-state index is 12.5. The summed E-state index contributed by atoms with van der Waals surface area (Å²) in [6, 6.07) is 15.6. The van der Waals surface area contributed by atoms with Gasteiger partial charge in [0.05, 0.1) is 12.5 Å². The van der Waals surface area contributed by atoms with Crippen molar-refractivity contribution in [3.05, 3.63) is 60.2 Å². The number of nitrogens with two attached hydrogens (primary N) is 1. The second kappa shape index (κ2) is 9.75. The molecule has 0 spiro atoms. The van der Waals surface area contributed by atoms with Gasteiger partial charge in [0.1, 0.15) is 11.5 Å². The van der Waals surface area contributed by atoms with Crippen LogP contribution in [0.4, 0.5) is 4.79 Å². The zero-order chi connectivity index (χ0) is 19.8. The van der Waals surface area contributed by atoms with E-state index in [2.05, 4.69) is 16.0 Å². The first kappa shape index (κ1) is 19.7. The summed E-state index contributed by atoms with van der Waals surface area (Å²) in [5, 5.41) is 8.95. The average molecular weight is 382 g/mol. The highest BCUT2D eigenvalue weighted by atomic mass is 16.5. The minimum absolute atomic E-state index is 0.105. The Balaban J connectivity index is 1.69. The van der Waals surface area contributed by atoms with E-state index >= 15 is 0 Å². The summed E-state index contributed by atoms with van der Waals surface area (Å²) < 4.78 is 5.85. The Morgan fingerprint density at radius 3 is 2.64 bits per heavy atom. The lowest BCUT2D eigenvalue weighted by Gasteiger charge is -2.25. The molecule has 28 heavy (non-hydrogen) atoms. The smallest absolute Gasteiger partial charge is 0.312 e. The lowest BCUT2D eigenvalue weighted by molar-refractivity contribution is -0.122. The molecule has 1 fully saturated rings. The molecular weight excluding hydrogens is 356 g/mol. The van der Waals surface area contributed by atoms with Crippen LogP contribution >= 0.6 is 0 Å². The van der Waals surface area contributed by atoms with Gasteiger partial charge in [-0.25, -0.2) is 4.79 Å². The van der Waals surface area contributed by atoms with Crippen molar-refractivity contribution in [1.29, 1.82) is 0 Å². The number of carbonyl (C=O) groups excluding carboxylic acids is 2. The number of para-hydroxylation sites is 1. The third-order valence-corrected chi connectivity index (χ3v) is 4.61. The molecule has 3 rings (SSSR count). The van der Waals surface area contributed by atoms with Gasteiger partial charge in [0, 0.05) is 12.6 Å². The lowest BCUT2D eigenvalue weighted by Crippen LogP contribution is -2.46. The summed E-state index contributed by atoms with van der Waals surface area (Å²) in [5.74, 6) is 1.21. The molecule has 7 nitrogen and oxygen atoms in total. The second-order valence-electron chi connectivity index (χ2n) is 6.86. The van der Waals surface area contributed by atoms with Crippen molar-refractivity contribution < 1.29 is 14.3 Å². The van der Waals surface area contributed by atoms with Gasteiger partial charge in [-0.1, -0.05) is 30.3 Å². The number of benzene rings is 2. The highest BCUT2D eigenvalue weighted by Crippen LogP contribution is 2.26. The summed E-state index contributed by atoms with van der Waals surface area (Å²) in [6.07, 6.45) is 2.09. The lowest BCUT2D eigenvalue weighted by atomic mass is 10.0. The molecule has 7 heteroatoms. The first-order valence-electron chi connectivity index (χ1n) is 9.49. The average Bonchev–Trinajstić information content (AvgIpc) is 2.69. The first-order chi connectivity index (χ1) is 13.6. The van der Waals surface area contributed by atoms with E-state index in [1.165, 1.54) is 0 Å². The molecule has 0 aliphatic carbocycles. The van der Waals surface area contributed by atoms with Crippen molar-refractivity contribution in [3.8, 4) is 11.5 Å². The van der Waals surface area contributed by atoms with Gasteiger partial charge in [-0.3, -0.25) is 4.79 Å². The number of piperidine rings is 1. The van der Waals surface area contributed by atoms with Gasteiger partial charge in [0.2, 0.25) is 5.91 Å². The van der Waals surface area contributed by atoms with Crippen LogP contribution in [0, 0.1) is 0 Å². The van der Waals surface area contributed by atoms with Crippen molar-refractivity contribution >= 4 is 11.9 Å². The Morgan fingerprint density at radius 1 is 1.14 bits per heavy atom. The van der Waals surface area contributed by atoms with E-state index in [1.807, 2.05) is 54.6 Å². The molecule has 0 bridgehead atoms. The highest BCUT2D eigenvalue weighted by molar-refractivity contribution is 5.79. The van der Waals surface area contributed by atoms with E-state index < -0.39 is 12.1 Å². The van der Waals surface area contributed by atoms with Crippen LogP contribution in [0.3, 0.4) is 0 Å². The third-order valence-electron chi connectivity index (χ3n) is 4.61. The number of carbonyl (C=O) groups is 2. The van der Waals surface area contributed by atoms with Gasteiger partial charge < -0.3 is 26.4 Å². The highest BCUT2D eigenvalue weighted by Gasteiger charge is 2.21. The molecule has 2 aromatic carbocycles. The summed E-state index contributed by atoms with van der Waals surface area (Å²) >= 11 is 0. The van der Waals surface area contributed by atoms with Crippen molar-refractivity contribution in [2.75, 3.05) is 13.1 Å². The Morgan fingerprint density at radius 2 is 1.93 bits per heavy atom. The number of hydrogen-bond acceptors (Lipinski definition) is 4. The zero-order valence-corrected chi connectivity index (χ0v) is 15.7. The van der Waals surface area contributed by atoms with Gasteiger partial charge >= 0.3 is 6.03 Å². The fraction of sp³-hybridized carbons (Fsp3) is 0.333. The topological polar surface area (TPSA) is 105 Å². The van der Waals surface area contributed by atoms with Crippen LogP contribution < -0.4 is 26.4 Å². The van der Waals surface area contributed by atoms with E-state index in [0.29, 0.717) is 11.5 Å². The van der Waals surface area contributed by atoms with Crippen LogP contribution in [0.15, 0.2) is 54.6 Å². The Hall–Kier alpha value is -3.06. The van der Waals surface area contributed by atoms with Crippen molar-refractivity contribution in [2.45, 2.75) is 31.3 Å². The van der Waals surface area contributed by atoms with Crippen LogP contribution in [0.5, 0.6) is 11.5 Å². The summed E-state index contributed by atoms with van der Waals surface area (Å²) in [6.45, 7) is 1.74. The van der Waals surface area contributed by atoms with Gasteiger partial charge in [-0.2, -0.15) is 0 Å². The molecule has 0 aromatic heterocycles. The van der Waals surface area contributed by atoms with Crippen LogP contribution in [0.25, 0.3) is 0 Å². The Bertz CT molecular complexity index is 791. The van der Waals surface area contributed by atoms with E-state index in [1.54, 1.807) is 0 Å². The summed E-state index contributed by atoms with van der Waals surface area (Å²) in [4.78, 5) is 24.0. The fourth-order valence-corrected chi connectivity index (χ4v) is 3.29. The van der Waals surface area contributed by atoms with Crippen LogP contribution in [-0.2, 0) is 4.79 Å². The number of amides is 3. The maximum Gasteiger partial charge on any atom is 0.312 e. The van der Waals surface area contributed by atoms with E-state index in [4.69, 9.17) is 10.5 Å². The molecule has 2 aromatic rings. The molecule has 1 unspecified atom stereocenters. The third kappa shape index (κ3) is 5.99. The van der Waals surface area contributed by atoms with Gasteiger partial charge in [0.25, 0.3) is 0 Å². The maximum absolute atomic E-state index is 12.5. The predicted octanol–water partition coefficient (Wildman–Crippen LogP) is 2.45. The number of ether oxygens (including phenoxy) is 1. The quantitative estimate of drug-likeness (QED) is 0.590. The standard InChI is InChI=1S/C21H26N4O3/c22-21(27)25-19(13-20(26)24-16-7-5-11-23-14-16)15-6-4-10-18(12-15)28-17-8-2-1-3-9-17/h1-4,6,8-10,12,16,19,23H,5,7,11,13-14H2,(H,24,26)(H3,22,25,27)/t16-,19?/m0/s1. The molecule has 0 radical (unpaired) electrons. The molecule has 2 atom stereocenters. The molecule has 0 saturated carbocycles. The number of primary amides is 1. The molecule has 148 valence electrons. The normalized spacial score (nSPS) is 17.4. The second-order valence-corrected chi connectivity index (χ2v) is 6.86. The summed E-state index contributed by atoms with van der Waals surface area (Å²) in [7, 11) is 0. The van der Waals surface area contributed by atoms with Crippen molar-refractivity contribution in [2.24, 2.45) is 5.73 Å². The minimum atomic E-state index is -0.675. The Labute approximate surface area is 164 Å². The van der Waals surface area contributed by atoms with E-state index in [0.717, 1.165) is 31.5 Å². The predicted molar refractivity (Wildman–Crippen MR) is 107 cm³/mol. The zero-order valence-electron chi connectivity index (χ0n) is 15.7. The van der Waals surface area contributed by atoms with Gasteiger partial charge in [-0.05, 0) is 49.2 Å². The molecule has 1 aliphatic heterocycles. The molecule has 1 heterocycles. The monoisotopic (exact) mass is 382 g/mol. The van der Waals surface area contributed by atoms with E-state index in [9.17, 15) is 9.59 Å². The van der Waals surface area contributed by atoms with Crippen molar-refractivity contribution in [3.63, 3.8) is 0 Å². The molecular formula is C21H26N4O3. The SMILES string of the molecule is NC(=O)NC(CC(=O)N[C@H]1CCCNC1)c1cccc(Oc2ccccc2)c1. The molecule has 5 N–H and O–H groups in total. The number of urea groups is 1. The minimum Gasteiger partial charge on any atom is -0.457 e. The van der Waals surface area contributed by atoms with E-state index in [-0.39, 0.29) is 18.4 Å². The molecule has 3 amide bonds. The molecule has 1 saturated heterocycles. The number of nitrogens with one attached hydrogen (secondary N) is 3. The van der Waals surface area contributed by atoms with Gasteiger partial charge in [0.15, 0.2) is 0 Å². The Kier molecular flexibility index (Phi) is 6.86. The van der Waals surface area contributed by atoms with Crippen LogP contribution in [0.2, 0.25) is 0 Å². The fourth-order valence-electron chi connectivity index (χ4n) is 3.29. The summed E-state index contributed by atoms with van der Waals surface area (Å²) in [5.41, 5.74) is 6.08. The van der Waals surface area contributed by atoms with Gasteiger partial charge in [-0.15, -0.1) is 0 Å². The number of rotatable bonds is 7. The molecule has 1 aliphatic rings. The largest absolute Gasteiger partial charge is 0.457 e. The van der Waals surface area contributed by atoms with Crippen LogP contribution in [-0.4, -0.2) is 31.1 Å². The van der Waals surface area contributed by atoms with Crippen LogP contribution in [0.1, 0.15) is 30.9 Å². The number of hydrogen-bond donors (Lipinski definition) is 4. The first-order valence-corrected chi connectivity index (χ1v) is 9.49.